The van der Waals surface area contributed by atoms with E-state index in [0.29, 0.717) is 47.5 Å². The molecule has 2 fully saturated rings. The molecular weight excluding hydrogens is 504 g/mol. The Hall–Kier alpha value is -3.86. The number of carbonyl (C=O) groups is 2. The molecule has 2 amide bonds. The molecule has 0 unspecified atom stereocenters. The van der Waals surface area contributed by atoms with E-state index >= 15 is 0 Å². The van der Waals surface area contributed by atoms with Crippen molar-refractivity contribution in [2.45, 2.75) is 31.6 Å². The van der Waals surface area contributed by atoms with Gasteiger partial charge in [0.15, 0.2) is 5.69 Å². The standard InChI is InChI=1S/C27H27ClN8O2/c28-21-12-22(17-3-1-2-16(10-17)13-29)31-23-11-18(4-7-20(21)23)26(37)34-8-9-35(25(30)15-34)27(38)24-14-36(33-32-24)19-5-6-19/h1-4,7,10-12,14,19,25H,5-6,8-9,13,15,29-30H2/t25-/m0/s1. The quantitative estimate of drug-likeness (QED) is 0.405. The van der Waals surface area contributed by atoms with E-state index in [2.05, 4.69) is 10.3 Å². The second-order valence-electron chi connectivity index (χ2n) is 9.76. The summed E-state index contributed by atoms with van der Waals surface area (Å²) in [6, 6.07) is 15.3. The van der Waals surface area contributed by atoms with Crippen molar-refractivity contribution in [2.24, 2.45) is 11.5 Å². The van der Waals surface area contributed by atoms with Crippen molar-refractivity contribution < 1.29 is 9.59 Å². The summed E-state index contributed by atoms with van der Waals surface area (Å²) in [6.07, 6.45) is 3.13. The minimum absolute atomic E-state index is 0.178. The number of nitrogens with two attached hydrogens (primary N) is 2. The molecule has 1 aliphatic heterocycles. The summed E-state index contributed by atoms with van der Waals surface area (Å²) in [6.45, 7) is 1.30. The number of piperazine rings is 1. The number of pyridine rings is 1. The van der Waals surface area contributed by atoms with Gasteiger partial charge in [0.1, 0.15) is 0 Å². The molecular formula is C27H27ClN8O2. The van der Waals surface area contributed by atoms with Crippen LogP contribution in [0.1, 0.15) is 45.3 Å². The van der Waals surface area contributed by atoms with Crippen LogP contribution in [-0.4, -0.2) is 67.4 Å². The van der Waals surface area contributed by atoms with Gasteiger partial charge in [0.25, 0.3) is 11.8 Å². The number of hydrogen-bond donors (Lipinski definition) is 2. The highest BCUT2D eigenvalue weighted by atomic mass is 35.5. The lowest BCUT2D eigenvalue weighted by atomic mass is 10.0. The lowest BCUT2D eigenvalue weighted by molar-refractivity contribution is 0.0392. The van der Waals surface area contributed by atoms with Crippen LogP contribution in [0.2, 0.25) is 5.02 Å². The van der Waals surface area contributed by atoms with Gasteiger partial charge in [-0.3, -0.25) is 9.59 Å². The third kappa shape index (κ3) is 4.62. The van der Waals surface area contributed by atoms with Gasteiger partial charge in [-0.15, -0.1) is 5.10 Å². The molecule has 1 aliphatic carbocycles. The van der Waals surface area contributed by atoms with E-state index in [1.54, 1.807) is 38.9 Å². The van der Waals surface area contributed by atoms with Crippen LogP contribution in [0.4, 0.5) is 0 Å². The Balaban J connectivity index is 1.20. The summed E-state index contributed by atoms with van der Waals surface area (Å²) in [4.78, 5) is 34.4. The lowest BCUT2D eigenvalue weighted by Crippen LogP contribution is -2.60. The summed E-state index contributed by atoms with van der Waals surface area (Å²) in [5, 5.41) is 9.39. The first-order valence-corrected chi connectivity index (χ1v) is 13.0. The predicted octanol–water partition coefficient (Wildman–Crippen LogP) is 2.82. The van der Waals surface area contributed by atoms with E-state index in [0.717, 1.165) is 29.4 Å². The Bertz CT molecular complexity index is 1550. The molecule has 3 heterocycles. The predicted molar refractivity (Wildman–Crippen MR) is 143 cm³/mol. The normalized spacial score (nSPS) is 17.7. The van der Waals surface area contributed by atoms with Crippen LogP contribution in [-0.2, 0) is 6.54 Å². The van der Waals surface area contributed by atoms with E-state index in [-0.39, 0.29) is 24.1 Å². The molecule has 194 valence electrons. The highest BCUT2D eigenvalue weighted by Crippen LogP contribution is 2.34. The van der Waals surface area contributed by atoms with Crippen molar-refractivity contribution in [1.82, 2.24) is 29.8 Å². The zero-order chi connectivity index (χ0) is 26.4. The molecule has 4 aromatic rings. The third-order valence-electron chi connectivity index (χ3n) is 7.08. The molecule has 2 aromatic heterocycles. The van der Waals surface area contributed by atoms with Crippen LogP contribution in [0.5, 0.6) is 0 Å². The fraction of sp³-hybridized carbons (Fsp3) is 0.296. The number of aromatic nitrogens is 4. The smallest absolute Gasteiger partial charge is 0.277 e. The SMILES string of the molecule is NCc1cccc(-c2cc(Cl)c3ccc(C(=O)N4CCN(C(=O)c5cn(C6CC6)nn5)[C@H](N)C4)cc3n2)c1. The van der Waals surface area contributed by atoms with Crippen LogP contribution in [0.3, 0.4) is 0 Å². The Kier molecular flexibility index (Phi) is 6.30. The maximum absolute atomic E-state index is 13.4. The molecule has 1 saturated heterocycles. The van der Waals surface area contributed by atoms with Gasteiger partial charge in [0.2, 0.25) is 0 Å². The first kappa shape index (κ1) is 24.5. The molecule has 38 heavy (non-hydrogen) atoms. The highest BCUT2D eigenvalue weighted by Gasteiger charge is 2.33. The Morgan fingerprint density at radius 3 is 2.66 bits per heavy atom. The number of fused-ring (bicyclic) bond motifs is 1. The van der Waals surface area contributed by atoms with Crippen molar-refractivity contribution in [3.63, 3.8) is 0 Å². The number of halogens is 1. The summed E-state index contributed by atoms with van der Waals surface area (Å²) in [5.41, 5.74) is 16.1. The molecule has 10 nitrogen and oxygen atoms in total. The van der Waals surface area contributed by atoms with E-state index in [1.807, 2.05) is 30.3 Å². The van der Waals surface area contributed by atoms with E-state index in [1.165, 1.54) is 0 Å². The second kappa shape index (κ2) is 9.79. The molecule has 6 rings (SSSR count). The average molecular weight is 531 g/mol. The monoisotopic (exact) mass is 530 g/mol. The lowest BCUT2D eigenvalue weighted by Gasteiger charge is -2.39. The molecule has 0 radical (unpaired) electrons. The van der Waals surface area contributed by atoms with Crippen molar-refractivity contribution >= 4 is 34.3 Å². The Morgan fingerprint density at radius 1 is 1.05 bits per heavy atom. The number of rotatable bonds is 5. The molecule has 1 saturated carbocycles. The summed E-state index contributed by atoms with van der Waals surface area (Å²) >= 11 is 6.58. The number of hydrogen-bond acceptors (Lipinski definition) is 7. The zero-order valence-electron chi connectivity index (χ0n) is 20.6. The number of amides is 2. The first-order valence-electron chi connectivity index (χ1n) is 12.6. The molecule has 1 atom stereocenters. The van der Waals surface area contributed by atoms with Crippen LogP contribution >= 0.6 is 11.6 Å². The maximum Gasteiger partial charge on any atom is 0.277 e. The second-order valence-corrected chi connectivity index (χ2v) is 10.2. The summed E-state index contributed by atoms with van der Waals surface area (Å²) in [7, 11) is 0. The van der Waals surface area contributed by atoms with Crippen molar-refractivity contribution in [2.75, 3.05) is 19.6 Å². The molecule has 4 N–H and O–H groups in total. The summed E-state index contributed by atoms with van der Waals surface area (Å²) in [5.74, 6) is -0.449. The fourth-order valence-corrected chi connectivity index (χ4v) is 5.06. The molecule has 0 spiro atoms. The average Bonchev–Trinajstić information content (AvgIpc) is 3.68. The van der Waals surface area contributed by atoms with Crippen LogP contribution in [0.25, 0.3) is 22.2 Å². The topological polar surface area (TPSA) is 136 Å². The van der Waals surface area contributed by atoms with Gasteiger partial charge in [-0.25, -0.2) is 9.67 Å². The molecule has 11 heteroatoms. The van der Waals surface area contributed by atoms with Crippen LogP contribution in [0.15, 0.2) is 54.7 Å². The minimum atomic E-state index is -0.652. The van der Waals surface area contributed by atoms with Gasteiger partial charge in [-0.05, 0) is 42.7 Å². The number of benzene rings is 2. The van der Waals surface area contributed by atoms with E-state index < -0.39 is 6.17 Å². The van der Waals surface area contributed by atoms with Crippen molar-refractivity contribution in [3.8, 4) is 11.3 Å². The number of nitrogens with zero attached hydrogens (tertiary/aromatic N) is 6. The largest absolute Gasteiger partial charge is 0.333 e. The fourth-order valence-electron chi connectivity index (χ4n) is 4.79. The van der Waals surface area contributed by atoms with Gasteiger partial charge in [-0.2, -0.15) is 0 Å². The van der Waals surface area contributed by atoms with E-state index in [4.69, 9.17) is 28.1 Å². The Labute approximate surface area is 224 Å². The van der Waals surface area contributed by atoms with Gasteiger partial charge >= 0.3 is 0 Å². The number of carbonyl (C=O) groups excluding carboxylic acids is 2. The molecule has 2 aliphatic rings. The van der Waals surface area contributed by atoms with Gasteiger partial charge in [0, 0.05) is 36.1 Å². The van der Waals surface area contributed by atoms with Crippen molar-refractivity contribution in [3.05, 3.63) is 76.6 Å². The van der Waals surface area contributed by atoms with Crippen molar-refractivity contribution in [1.29, 1.82) is 0 Å². The van der Waals surface area contributed by atoms with E-state index in [9.17, 15) is 9.59 Å². The first-order chi connectivity index (χ1) is 18.4. The van der Waals surface area contributed by atoms with Crippen LogP contribution < -0.4 is 11.5 Å². The highest BCUT2D eigenvalue weighted by molar-refractivity contribution is 6.35. The van der Waals surface area contributed by atoms with Gasteiger partial charge in [0.05, 0.1) is 41.2 Å². The van der Waals surface area contributed by atoms with Gasteiger partial charge < -0.3 is 21.3 Å². The van der Waals surface area contributed by atoms with Gasteiger partial charge in [-0.1, -0.05) is 41.1 Å². The zero-order valence-corrected chi connectivity index (χ0v) is 21.4. The third-order valence-corrected chi connectivity index (χ3v) is 7.39. The molecule has 2 aromatic carbocycles. The molecule has 0 bridgehead atoms. The van der Waals surface area contributed by atoms with Crippen LogP contribution in [0, 0.1) is 0 Å². The maximum atomic E-state index is 13.4. The Morgan fingerprint density at radius 2 is 1.89 bits per heavy atom. The minimum Gasteiger partial charge on any atom is -0.333 e. The summed E-state index contributed by atoms with van der Waals surface area (Å²) < 4.78 is 1.74.